The Morgan fingerprint density at radius 2 is 1.27 bits per heavy atom. The summed E-state index contributed by atoms with van der Waals surface area (Å²) in [7, 11) is 0. The second-order valence-corrected chi connectivity index (χ2v) is 8.77. The van der Waals surface area contributed by atoms with Gasteiger partial charge < -0.3 is 18.4 Å². The van der Waals surface area contributed by atoms with E-state index in [1.54, 1.807) is 36.4 Å². The van der Waals surface area contributed by atoms with Crippen molar-refractivity contribution in [3.8, 4) is 5.88 Å². The molecule has 40 heavy (non-hydrogen) atoms. The third kappa shape index (κ3) is 4.24. The van der Waals surface area contributed by atoms with Gasteiger partial charge >= 0.3 is 5.69 Å². The van der Waals surface area contributed by atoms with Crippen LogP contribution in [0.15, 0.2) is 106 Å². The molecule has 5 aromatic rings. The van der Waals surface area contributed by atoms with Gasteiger partial charge in [-0.25, -0.2) is 4.79 Å². The number of fused-ring (bicyclic) bond motifs is 1. The normalized spacial score (nSPS) is 13.1. The molecule has 0 radical (unpaired) electrons. The van der Waals surface area contributed by atoms with Crippen molar-refractivity contribution in [3.05, 3.63) is 123 Å². The van der Waals surface area contributed by atoms with Crippen LogP contribution >= 0.6 is 0 Å². The van der Waals surface area contributed by atoms with Crippen molar-refractivity contribution >= 4 is 23.2 Å². The van der Waals surface area contributed by atoms with Crippen LogP contribution in [-0.4, -0.2) is 31.0 Å². The number of rotatable bonds is 8. The number of imide groups is 1. The lowest BCUT2D eigenvalue weighted by molar-refractivity contribution is 0.0632. The Labute approximate surface area is 223 Å². The molecule has 0 bridgehead atoms. The lowest BCUT2D eigenvalue weighted by atomic mass is 10.1. The summed E-state index contributed by atoms with van der Waals surface area (Å²) in [6.07, 6.45) is 4.23. The zero-order chi connectivity index (χ0) is 27.8. The maximum Gasteiger partial charge on any atom is 0.334 e. The molecule has 13 heteroatoms. The molecule has 0 saturated heterocycles. The van der Waals surface area contributed by atoms with Gasteiger partial charge in [0.05, 0.1) is 55.2 Å². The van der Waals surface area contributed by atoms with E-state index in [1.807, 2.05) is 0 Å². The van der Waals surface area contributed by atoms with E-state index in [9.17, 15) is 24.3 Å². The number of nitrogens with zero attached hydrogens (tertiary/aromatic N) is 5. The minimum Gasteiger partial charge on any atom is -0.493 e. The molecule has 0 atom stereocenters. The number of furan rings is 3. The summed E-state index contributed by atoms with van der Waals surface area (Å²) in [5, 5.41) is 19.0. The van der Waals surface area contributed by atoms with Gasteiger partial charge in [-0.05, 0) is 48.5 Å². The standard InChI is InChI=1S/C27H19N5O8/c33-23-19-8-1-9-20(21(19)24(34)30(23)13-16-5-2-10-38-16)28-29-22-25(35)31(14-17-6-3-11-39-17)27(37)32(26(22)36)15-18-7-4-12-40-18/h1-12,35H,13-15H2. The largest absolute Gasteiger partial charge is 0.493 e. The molecule has 0 saturated carbocycles. The van der Waals surface area contributed by atoms with E-state index >= 15 is 0 Å². The number of azo groups is 1. The molecule has 13 nitrogen and oxygen atoms in total. The Hall–Kier alpha value is -5.72. The first-order valence-corrected chi connectivity index (χ1v) is 12.0. The molecule has 0 spiro atoms. The highest BCUT2D eigenvalue weighted by molar-refractivity contribution is 6.23. The van der Waals surface area contributed by atoms with Crippen LogP contribution in [0.4, 0.5) is 11.4 Å². The minimum atomic E-state index is -0.937. The molecule has 2 amide bonds. The lowest BCUT2D eigenvalue weighted by Gasteiger charge is -2.12. The van der Waals surface area contributed by atoms with Gasteiger partial charge in [-0.2, -0.15) is 0 Å². The fourth-order valence-electron chi connectivity index (χ4n) is 4.37. The number of amides is 2. The van der Waals surface area contributed by atoms with Crippen LogP contribution in [0.2, 0.25) is 0 Å². The number of benzene rings is 1. The molecule has 4 aromatic heterocycles. The molecule has 200 valence electrons. The molecular weight excluding hydrogens is 522 g/mol. The Kier molecular flexibility index (Phi) is 6.07. The van der Waals surface area contributed by atoms with E-state index in [1.165, 1.54) is 37.0 Å². The van der Waals surface area contributed by atoms with Crippen molar-refractivity contribution < 1.29 is 27.9 Å². The van der Waals surface area contributed by atoms with Crippen LogP contribution in [0, 0.1) is 0 Å². The first-order chi connectivity index (χ1) is 19.4. The summed E-state index contributed by atoms with van der Waals surface area (Å²) < 4.78 is 17.6. The molecule has 0 aliphatic carbocycles. The molecule has 1 aliphatic heterocycles. The molecule has 1 aliphatic rings. The number of aromatic hydroxyl groups is 1. The fourth-order valence-corrected chi connectivity index (χ4v) is 4.37. The number of hydrogen-bond donors (Lipinski definition) is 1. The molecule has 1 aromatic carbocycles. The van der Waals surface area contributed by atoms with Gasteiger partial charge in [-0.15, -0.1) is 10.2 Å². The smallest absolute Gasteiger partial charge is 0.334 e. The summed E-state index contributed by atoms with van der Waals surface area (Å²) in [6.45, 7) is -0.513. The van der Waals surface area contributed by atoms with Gasteiger partial charge in [0.15, 0.2) is 0 Å². The SMILES string of the molecule is O=C1c2cccc(N=Nc3c(O)n(Cc4ccco4)c(=O)n(Cc4ccco4)c3=O)c2C(=O)N1Cc1ccco1. The summed E-state index contributed by atoms with van der Waals surface area (Å²) in [4.78, 5) is 53.7. The topological polar surface area (TPSA) is 166 Å². The highest BCUT2D eigenvalue weighted by Gasteiger charge is 2.38. The van der Waals surface area contributed by atoms with Gasteiger partial charge in [0.2, 0.25) is 11.6 Å². The average molecular weight is 541 g/mol. The Morgan fingerprint density at radius 3 is 1.88 bits per heavy atom. The van der Waals surface area contributed by atoms with Crippen LogP contribution < -0.4 is 11.2 Å². The van der Waals surface area contributed by atoms with E-state index in [-0.39, 0.29) is 36.4 Å². The third-order valence-electron chi connectivity index (χ3n) is 6.29. The van der Waals surface area contributed by atoms with Gasteiger partial charge in [0.1, 0.15) is 17.3 Å². The summed E-state index contributed by atoms with van der Waals surface area (Å²) in [6, 6.07) is 14.1. The Balaban J connectivity index is 1.42. The van der Waals surface area contributed by atoms with Crippen LogP contribution in [-0.2, 0) is 19.6 Å². The molecule has 5 heterocycles. The number of carbonyl (C=O) groups excluding carboxylic acids is 2. The average Bonchev–Trinajstić information content (AvgIpc) is 3.77. The minimum absolute atomic E-state index is 0.00189. The first-order valence-electron chi connectivity index (χ1n) is 12.0. The van der Waals surface area contributed by atoms with E-state index in [2.05, 4.69) is 10.2 Å². The van der Waals surface area contributed by atoms with Crippen LogP contribution in [0.25, 0.3) is 0 Å². The molecular formula is C27H19N5O8. The van der Waals surface area contributed by atoms with Crippen molar-refractivity contribution in [1.82, 2.24) is 14.0 Å². The van der Waals surface area contributed by atoms with E-state index in [0.717, 1.165) is 14.0 Å². The third-order valence-corrected chi connectivity index (χ3v) is 6.29. The summed E-state index contributed by atoms with van der Waals surface area (Å²) in [5.74, 6) is -0.833. The van der Waals surface area contributed by atoms with E-state index < -0.39 is 34.6 Å². The highest BCUT2D eigenvalue weighted by atomic mass is 16.3. The quantitative estimate of drug-likeness (QED) is 0.229. The van der Waals surface area contributed by atoms with Gasteiger partial charge in [0.25, 0.3) is 17.4 Å². The number of hydrogen-bond acceptors (Lipinski definition) is 10. The molecule has 6 rings (SSSR count). The van der Waals surface area contributed by atoms with Crippen LogP contribution in [0.5, 0.6) is 5.88 Å². The zero-order valence-electron chi connectivity index (χ0n) is 20.6. The molecule has 0 fully saturated rings. The van der Waals surface area contributed by atoms with Gasteiger partial charge in [0, 0.05) is 0 Å². The maximum atomic E-state index is 13.3. The number of aromatic nitrogens is 2. The van der Waals surface area contributed by atoms with E-state index in [0.29, 0.717) is 17.3 Å². The molecule has 1 N–H and O–H groups in total. The van der Waals surface area contributed by atoms with Crippen molar-refractivity contribution in [2.45, 2.75) is 19.6 Å². The monoisotopic (exact) mass is 541 g/mol. The Morgan fingerprint density at radius 1 is 0.675 bits per heavy atom. The second-order valence-electron chi connectivity index (χ2n) is 8.77. The predicted octanol–water partition coefficient (Wildman–Crippen LogP) is 3.80. The summed E-state index contributed by atoms with van der Waals surface area (Å²) >= 11 is 0. The van der Waals surface area contributed by atoms with Crippen LogP contribution in [0.3, 0.4) is 0 Å². The van der Waals surface area contributed by atoms with Crippen molar-refractivity contribution in [2.24, 2.45) is 10.2 Å². The Bertz CT molecular complexity index is 1860. The highest BCUT2D eigenvalue weighted by Crippen LogP contribution is 2.33. The molecule has 0 unspecified atom stereocenters. The van der Waals surface area contributed by atoms with Gasteiger partial charge in [-0.3, -0.25) is 28.4 Å². The zero-order valence-corrected chi connectivity index (χ0v) is 20.6. The van der Waals surface area contributed by atoms with Crippen LogP contribution in [0.1, 0.15) is 38.0 Å². The number of carbonyl (C=O) groups is 2. The maximum absolute atomic E-state index is 13.3. The fraction of sp³-hybridized carbons (Fsp3) is 0.111. The van der Waals surface area contributed by atoms with E-state index in [4.69, 9.17) is 13.3 Å². The predicted molar refractivity (Wildman–Crippen MR) is 136 cm³/mol. The lowest BCUT2D eigenvalue weighted by Crippen LogP contribution is -2.40. The van der Waals surface area contributed by atoms with Crippen molar-refractivity contribution in [2.75, 3.05) is 0 Å². The van der Waals surface area contributed by atoms with Crippen molar-refractivity contribution in [3.63, 3.8) is 0 Å². The van der Waals surface area contributed by atoms with Crippen molar-refractivity contribution in [1.29, 1.82) is 0 Å². The van der Waals surface area contributed by atoms with Gasteiger partial charge in [-0.1, -0.05) is 6.07 Å². The second kappa shape index (κ2) is 9.87. The first kappa shape index (κ1) is 24.6. The summed E-state index contributed by atoms with van der Waals surface area (Å²) in [5.41, 5.74) is -2.23.